The highest BCUT2D eigenvalue weighted by Gasteiger charge is 2.13. The third-order valence-corrected chi connectivity index (χ3v) is 3.58. The number of halogens is 1. The molecule has 0 bridgehead atoms. The molecule has 0 saturated carbocycles. The number of furan rings is 1. The van der Waals surface area contributed by atoms with Crippen molar-refractivity contribution in [3.05, 3.63) is 47.3 Å². The number of hydrogen-bond donors (Lipinski definition) is 2. The molecule has 4 rings (SSSR count). The van der Waals surface area contributed by atoms with Crippen molar-refractivity contribution in [1.29, 1.82) is 0 Å². The Morgan fingerprint density at radius 3 is 2.90 bits per heavy atom. The van der Waals surface area contributed by atoms with Crippen LogP contribution in [-0.4, -0.2) is 19.6 Å². The van der Waals surface area contributed by atoms with E-state index in [0.717, 1.165) is 15.7 Å². The van der Waals surface area contributed by atoms with E-state index in [1.165, 1.54) is 0 Å². The molecule has 0 amide bonds. The number of nitrogen functional groups attached to an aromatic ring is 1. The summed E-state index contributed by atoms with van der Waals surface area (Å²) in [6.07, 6.45) is 3.46. The van der Waals surface area contributed by atoms with Gasteiger partial charge in [0, 0.05) is 23.5 Å². The molecular weight excluding hydrogens is 334 g/mol. The van der Waals surface area contributed by atoms with Crippen LogP contribution >= 0.6 is 15.9 Å². The third kappa shape index (κ3) is 2.02. The van der Waals surface area contributed by atoms with Gasteiger partial charge in [-0.3, -0.25) is 0 Å². The normalized spacial score (nSPS) is 11.3. The molecule has 104 valence electrons. The first-order valence-corrected chi connectivity index (χ1v) is 7.04. The number of aromatic nitrogens is 4. The molecule has 0 atom stereocenters. The fourth-order valence-electron chi connectivity index (χ4n) is 2.21. The smallest absolute Gasteiger partial charge is 0.218 e. The Bertz CT molecular complexity index is 922. The summed E-state index contributed by atoms with van der Waals surface area (Å²) in [5.74, 6) is 1.60. The number of nitrogens with two attached hydrogens (primary N) is 1. The minimum Gasteiger partial charge on any atom is -0.460 e. The van der Waals surface area contributed by atoms with E-state index >= 15 is 0 Å². The Morgan fingerprint density at radius 2 is 2.19 bits per heavy atom. The lowest BCUT2D eigenvalue weighted by Gasteiger charge is -2.02. The van der Waals surface area contributed by atoms with Crippen LogP contribution in [0.3, 0.4) is 0 Å². The monoisotopic (exact) mass is 343 g/mol. The molecule has 0 fully saturated rings. The molecule has 0 aliphatic carbocycles. The first-order chi connectivity index (χ1) is 10.2. The van der Waals surface area contributed by atoms with E-state index in [1.807, 2.05) is 36.5 Å². The van der Waals surface area contributed by atoms with E-state index in [0.29, 0.717) is 23.0 Å². The molecule has 0 saturated heterocycles. The van der Waals surface area contributed by atoms with Gasteiger partial charge >= 0.3 is 0 Å². The van der Waals surface area contributed by atoms with E-state index in [9.17, 15) is 0 Å². The Labute approximate surface area is 127 Å². The lowest BCUT2D eigenvalue weighted by molar-refractivity contribution is 0.576. The Balaban J connectivity index is 1.89. The summed E-state index contributed by atoms with van der Waals surface area (Å²) < 4.78 is 7.83. The van der Waals surface area contributed by atoms with E-state index in [1.54, 1.807) is 10.8 Å². The second-order valence-corrected chi connectivity index (χ2v) is 5.50. The maximum absolute atomic E-state index is 6.07. The van der Waals surface area contributed by atoms with E-state index in [-0.39, 0.29) is 0 Å². The first kappa shape index (κ1) is 12.2. The van der Waals surface area contributed by atoms with Gasteiger partial charge in [0.25, 0.3) is 0 Å². The molecule has 4 aromatic heterocycles. The molecule has 4 heterocycles. The molecule has 0 unspecified atom stereocenters. The van der Waals surface area contributed by atoms with Gasteiger partial charge in [0.1, 0.15) is 12.1 Å². The molecule has 4 aromatic rings. The van der Waals surface area contributed by atoms with Gasteiger partial charge in [0.2, 0.25) is 5.82 Å². The molecule has 7 heteroatoms. The predicted molar refractivity (Wildman–Crippen MR) is 82.6 cm³/mol. The molecule has 0 aliphatic heterocycles. The Morgan fingerprint density at radius 1 is 1.29 bits per heavy atom. The van der Waals surface area contributed by atoms with Crippen molar-refractivity contribution >= 4 is 27.4 Å². The summed E-state index contributed by atoms with van der Waals surface area (Å²) >= 11 is 3.34. The van der Waals surface area contributed by atoms with Crippen LogP contribution in [0.25, 0.3) is 28.5 Å². The Hall–Kier alpha value is -2.54. The summed E-state index contributed by atoms with van der Waals surface area (Å²) in [7, 11) is 0. The fourth-order valence-corrected chi connectivity index (χ4v) is 2.51. The molecule has 0 spiro atoms. The van der Waals surface area contributed by atoms with Crippen molar-refractivity contribution in [3.63, 3.8) is 0 Å². The third-order valence-electron chi connectivity index (χ3n) is 3.16. The van der Waals surface area contributed by atoms with Crippen LogP contribution in [0, 0.1) is 0 Å². The second kappa shape index (κ2) is 4.49. The van der Waals surface area contributed by atoms with Gasteiger partial charge in [0.15, 0.2) is 11.4 Å². The molecule has 6 nitrogen and oxygen atoms in total. The van der Waals surface area contributed by atoms with Crippen molar-refractivity contribution in [2.75, 3.05) is 5.73 Å². The predicted octanol–water partition coefficient (Wildman–Crippen LogP) is 3.33. The summed E-state index contributed by atoms with van der Waals surface area (Å²) in [4.78, 5) is 7.62. The summed E-state index contributed by atoms with van der Waals surface area (Å²) in [5.41, 5.74) is 8.68. The number of nitrogens with one attached hydrogen (secondary N) is 1. The van der Waals surface area contributed by atoms with Crippen LogP contribution in [0.4, 0.5) is 5.82 Å². The molecule has 3 N–H and O–H groups in total. The number of fused-ring (bicyclic) bond motifs is 1. The number of pyridine rings is 1. The van der Waals surface area contributed by atoms with Gasteiger partial charge in [-0.2, -0.15) is 4.52 Å². The van der Waals surface area contributed by atoms with Crippen LogP contribution in [0.1, 0.15) is 0 Å². The molecule has 0 aliphatic rings. The van der Waals surface area contributed by atoms with Crippen LogP contribution in [0.5, 0.6) is 0 Å². The van der Waals surface area contributed by atoms with Gasteiger partial charge < -0.3 is 15.1 Å². The average Bonchev–Trinajstić information content (AvgIpc) is 3.17. The zero-order valence-electron chi connectivity index (χ0n) is 10.7. The summed E-state index contributed by atoms with van der Waals surface area (Å²) in [5, 5.41) is 4.37. The fraction of sp³-hybridized carbons (Fsp3) is 0. The van der Waals surface area contributed by atoms with E-state index < -0.39 is 0 Å². The first-order valence-electron chi connectivity index (χ1n) is 6.25. The molecular formula is C14H10BrN5O. The highest BCUT2D eigenvalue weighted by atomic mass is 79.9. The van der Waals surface area contributed by atoms with Crippen LogP contribution < -0.4 is 5.73 Å². The van der Waals surface area contributed by atoms with Gasteiger partial charge in [-0.05, 0) is 40.2 Å². The number of H-pyrrole nitrogens is 1. The lowest BCUT2D eigenvalue weighted by Crippen LogP contribution is -1.99. The highest BCUT2D eigenvalue weighted by Crippen LogP contribution is 2.26. The van der Waals surface area contributed by atoms with E-state index in [2.05, 4.69) is 31.0 Å². The number of nitrogens with zero attached hydrogens (tertiary/aromatic N) is 3. The van der Waals surface area contributed by atoms with Gasteiger partial charge in [-0.15, -0.1) is 5.10 Å². The average molecular weight is 344 g/mol. The minimum atomic E-state index is 0.496. The zero-order valence-corrected chi connectivity index (χ0v) is 12.3. The van der Waals surface area contributed by atoms with Crippen LogP contribution in [0.2, 0.25) is 0 Å². The zero-order chi connectivity index (χ0) is 14.4. The molecule has 21 heavy (non-hydrogen) atoms. The van der Waals surface area contributed by atoms with E-state index in [4.69, 9.17) is 10.2 Å². The number of anilines is 1. The topological polar surface area (TPSA) is 85.1 Å². The largest absolute Gasteiger partial charge is 0.460 e. The Kier molecular flexibility index (Phi) is 2.61. The van der Waals surface area contributed by atoms with Crippen molar-refractivity contribution in [2.45, 2.75) is 0 Å². The molecule has 0 radical (unpaired) electrons. The van der Waals surface area contributed by atoms with Crippen molar-refractivity contribution in [1.82, 2.24) is 19.6 Å². The maximum Gasteiger partial charge on any atom is 0.218 e. The SMILES string of the molecule is Nc1cc(-c2ccc[nH]2)cc2nc(-c3cc(Br)co3)nn12. The molecule has 0 aromatic carbocycles. The number of rotatable bonds is 2. The van der Waals surface area contributed by atoms with Crippen molar-refractivity contribution < 1.29 is 4.42 Å². The second-order valence-electron chi connectivity index (χ2n) is 4.59. The van der Waals surface area contributed by atoms with Gasteiger partial charge in [-0.1, -0.05) is 0 Å². The maximum atomic E-state index is 6.07. The van der Waals surface area contributed by atoms with Crippen LogP contribution in [0.15, 0.2) is 51.7 Å². The van der Waals surface area contributed by atoms with Crippen LogP contribution in [-0.2, 0) is 0 Å². The standard InChI is InChI=1S/C14H10BrN5O/c15-9-6-11(21-7-9)14-18-13-5-8(10-2-1-3-17-10)4-12(16)20(13)19-14/h1-7,17H,16H2. The van der Waals surface area contributed by atoms with Gasteiger partial charge in [-0.25, -0.2) is 4.98 Å². The summed E-state index contributed by atoms with van der Waals surface area (Å²) in [6.45, 7) is 0. The number of hydrogen-bond acceptors (Lipinski definition) is 4. The quantitative estimate of drug-likeness (QED) is 0.584. The minimum absolute atomic E-state index is 0.496. The number of aromatic amines is 1. The highest BCUT2D eigenvalue weighted by molar-refractivity contribution is 9.10. The summed E-state index contributed by atoms with van der Waals surface area (Å²) in [6, 6.07) is 9.51. The van der Waals surface area contributed by atoms with Crippen molar-refractivity contribution in [2.24, 2.45) is 0 Å². The van der Waals surface area contributed by atoms with Gasteiger partial charge in [0.05, 0.1) is 4.47 Å². The lowest BCUT2D eigenvalue weighted by atomic mass is 10.2. The van der Waals surface area contributed by atoms with Crippen molar-refractivity contribution in [3.8, 4) is 22.8 Å².